The molecular formula is C16H22N4O. The Morgan fingerprint density at radius 3 is 2.86 bits per heavy atom. The lowest BCUT2D eigenvalue weighted by Crippen LogP contribution is -2.36. The number of hydrogen-bond acceptors (Lipinski definition) is 3. The van der Waals surface area contributed by atoms with Crippen molar-refractivity contribution in [1.29, 1.82) is 0 Å². The summed E-state index contributed by atoms with van der Waals surface area (Å²) in [6.45, 7) is 4.78. The van der Waals surface area contributed by atoms with E-state index in [-0.39, 0.29) is 5.91 Å². The van der Waals surface area contributed by atoms with Crippen molar-refractivity contribution in [2.75, 3.05) is 5.32 Å². The Balaban J connectivity index is 1.99. The van der Waals surface area contributed by atoms with E-state index in [0.717, 1.165) is 11.3 Å². The number of benzene rings is 1. The van der Waals surface area contributed by atoms with Crippen molar-refractivity contribution < 1.29 is 4.79 Å². The van der Waals surface area contributed by atoms with E-state index in [0.29, 0.717) is 18.9 Å². The third-order valence-electron chi connectivity index (χ3n) is 3.16. The lowest BCUT2D eigenvalue weighted by molar-refractivity contribution is -0.117. The van der Waals surface area contributed by atoms with E-state index < -0.39 is 6.04 Å². The van der Waals surface area contributed by atoms with Gasteiger partial charge in [0.25, 0.3) is 0 Å². The first kappa shape index (κ1) is 15.3. The molecule has 0 saturated heterocycles. The standard InChI is InChI=1S/C16H22N4O/c1-12(2)9-15(17)16(21)19-14-6-3-5-13(10-14)11-20-8-4-7-18-20/h3-8,10,12,15H,9,11,17H2,1-2H3,(H,19,21). The van der Waals surface area contributed by atoms with Gasteiger partial charge in [-0.15, -0.1) is 0 Å². The van der Waals surface area contributed by atoms with Crippen LogP contribution in [0.3, 0.4) is 0 Å². The molecule has 0 radical (unpaired) electrons. The van der Waals surface area contributed by atoms with Crippen molar-refractivity contribution in [3.8, 4) is 0 Å². The van der Waals surface area contributed by atoms with Gasteiger partial charge >= 0.3 is 0 Å². The normalized spacial score (nSPS) is 12.4. The second kappa shape index (κ2) is 7.04. The zero-order valence-electron chi connectivity index (χ0n) is 12.5. The maximum absolute atomic E-state index is 12.0. The van der Waals surface area contributed by atoms with Gasteiger partial charge in [-0.1, -0.05) is 26.0 Å². The zero-order valence-corrected chi connectivity index (χ0v) is 12.5. The van der Waals surface area contributed by atoms with E-state index >= 15 is 0 Å². The minimum atomic E-state index is -0.472. The number of amides is 1. The summed E-state index contributed by atoms with van der Waals surface area (Å²) in [6, 6.07) is 9.15. The molecule has 1 amide bonds. The summed E-state index contributed by atoms with van der Waals surface area (Å²) in [5, 5.41) is 7.05. The minimum Gasteiger partial charge on any atom is -0.325 e. The van der Waals surface area contributed by atoms with Gasteiger partial charge in [0.15, 0.2) is 0 Å². The smallest absolute Gasteiger partial charge is 0.241 e. The molecule has 0 aliphatic carbocycles. The van der Waals surface area contributed by atoms with Crippen LogP contribution in [-0.2, 0) is 11.3 Å². The minimum absolute atomic E-state index is 0.139. The maximum atomic E-state index is 12.0. The van der Waals surface area contributed by atoms with Gasteiger partial charge in [0.1, 0.15) is 0 Å². The first-order valence-corrected chi connectivity index (χ1v) is 7.17. The van der Waals surface area contributed by atoms with Crippen LogP contribution in [0.2, 0.25) is 0 Å². The van der Waals surface area contributed by atoms with E-state index in [2.05, 4.69) is 24.3 Å². The average Bonchev–Trinajstić information content (AvgIpc) is 2.91. The first-order chi connectivity index (χ1) is 10.0. The second-order valence-corrected chi connectivity index (χ2v) is 5.63. The number of nitrogens with zero attached hydrogens (tertiary/aromatic N) is 2. The van der Waals surface area contributed by atoms with Crippen LogP contribution in [0, 0.1) is 5.92 Å². The molecule has 1 atom stereocenters. The molecule has 1 aromatic heterocycles. The molecule has 2 rings (SSSR count). The van der Waals surface area contributed by atoms with Crippen LogP contribution in [0.25, 0.3) is 0 Å². The second-order valence-electron chi connectivity index (χ2n) is 5.63. The molecule has 5 heteroatoms. The topological polar surface area (TPSA) is 72.9 Å². The van der Waals surface area contributed by atoms with Crippen LogP contribution in [0.4, 0.5) is 5.69 Å². The van der Waals surface area contributed by atoms with Crippen LogP contribution in [-0.4, -0.2) is 21.7 Å². The summed E-state index contributed by atoms with van der Waals surface area (Å²) in [6.07, 6.45) is 4.33. The summed E-state index contributed by atoms with van der Waals surface area (Å²) in [4.78, 5) is 12.0. The Kier molecular flexibility index (Phi) is 5.11. The number of carbonyl (C=O) groups is 1. The van der Waals surface area contributed by atoms with Crippen LogP contribution in [0.15, 0.2) is 42.7 Å². The lowest BCUT2D eigenvalue weighted by atomic mass is 10.0. The van der Waals surface area contributed by atoms with Gasteiger partial charge in [0.05, 0.1) is 12.6 Å². The molecule has 5 nitrogen and oxygen atoms in total. The predicted molar refractivity (Wildman–Crippen MR) is 83.8 cm³/mol. The number of rotatable bonds is 6. The highest BCUT2D eigenvalue weighted by Gasteiger charge is 2.15. The number of nitrogens with two attached hydrogens (primary N) is 1. The number of aromatic nitrogens is 2. The van der Waals surface area contributed by atoms with Gasteiger partial charge in [0, 0.05) is 18.1 Å². The Morgan fingerprint density at radius 2 is 2.19 bits per heavy atom. The van der Waals surface area contributed by atoms with Crippen molar-refractivity contribution in [2.45, 2.75) is 32.9 Å². The van der Waals surface area contributed by atoms with Gasteiger partial charge in [-0.05, 0) is 36.1 Å². The molecule has 0 fully saturated rings. The summed E-state index contributed by atoms with van der Waals surface area (Å²) in [5.41, 5.74) is 7.73. The van der Waals surface area contributed by atoms with E-state index in [1.165, 1.54) is 0 Å². The van der Waals surface area contributed by atoms with Crippen molar-refractivity contribution in [1.82, 2.24) is 9.78 Å². The molecule has 0 saturated carbocycles. The summed E-state index contributed by atoms with van der Waals surface area (Å²) in [5.74, 6) is 0.261. The molecule has 0 aliphatic rings. The van der Waals surface area contributed by atoms with Crippen molar-refractivity contribution in [3.63, 3.8) is 0 Å². The zero-order chi connectivity index (χ0) is 15.2. The molecule has 0 spiro atoms. The highest BCUT2D eigenvalue weighted by molar-refractivity contribution is 5.94. The number of anilines is 1. The van der Waals surface area contributed by atoms with Crippen molar-refractivity contribution in [2.24, 2.45) is 11.7 Å². The molecule has 0 aliphatic heterocycles. The molecule has 1 aromatic carbocycles. The fourth-order valence-electron chi connectivity index (χ4n) is 2.18. The van der Waals surface area contributed by atoms with Gasteiger partial charge in [0.2, 0.25) is 5.91 Å². The molecule has 21 heavy (non-hydrogen) atoms. The van der Waals surface area contributed by atoms with Crippen LogP contribution >= 0.6 is 0 Å². The van der Waals surface area contributed by atoms with E-state index in [1.54, 1.807) is 6.20 Å². The Bertz CT molecular complexity index is 578. The molecule has 2 aromatic rings. The lowest BCUT2D eigenvalue weighted by Gasteiger charge is -2.14. The molecule has 0 bridgehead atoms. The summed E-state index contributed by atoms with van der Waals surface area (Å²) in [7, 11) is 0. The van der Waals surface area contributed by atoms with Gasteiger partial charge < -0.3 is 11.1 Å². The van der Waals surface area contributed by atoms with Gasteiger partial charge in [-0.3, -0.25) is 9.48 Å². The summed E-state index contributed by atoms with van der Waals surface area (Å²) >= 11 is 0. The largest absolute Gasteiger partial charge is 0.325 e. The quantitative estimate of drug-likeness (QED) is 0.855. The van der Waals surface area contributed by atoms with E-state index in [1.807, 2.05) is 41.2 Å². The molecule has 1 heterocycles. The molecule has 1 unspecified atom stereocenters. The van der Waals surface area contributed by atoms with Gasteiger partial charge in [-0.25, -0.2) is 0 Å². The van der Waals surface area contributed by atoms with Gasteiger partial charge in [-0.2, -0.15) is 5.10 Å². The maximum Gasteiger partial charge on any atom is 0.241 e. The van der Waals surface area contributed by atoms with Crippen LogP contribution in [0.5, 0.6) is 0 Å². The SMILES string of the molecule is CC(C)CC(N)C(=O)Nc1cccc(Cn2cccn2)c1. The Hall–Kier alpha value is -2.14. The van der Waals surface area contributed by atoms with E-state index in [4.69, 9.17) is 5.73 Å². The number of carbonyl (C=O) groups excluding carboxylic acids is 1. The third-order valence-corrected chi connectivity index (χ3v) is 3.16. The highest BCUT2D eigenvalue weighted by Crippen LogP contribution is 2.13. The summed E-state index contributed by atoms with van der Waals surface area (Å²) < 4.78 is 1.84. The fraction of sp³-hybridized carbons (Fsp3) is 0.375. The monoisotopic (exact) mass is 286 g/mol. The molecule has 112 valence electrons. The van der Waals surface area contributed by atoms with Crippen LogP contribution in [0.1, 0.15) is 25.8 Å². The molecular weight excluding hydrogens is 264 g/mol. The Morgan fingerprint density at radius 1 is 1.38 bits per heavy atom. The highest BCUT2D eigenvalue weighted by atomic mass is 16.2. The predicted octanol–water partition coefficient (Wildman–Crippen LogP) is 2.24. The average molecular weight is 286 g/mol. The van der Waals surface area contributed by atoms with Crippen LogP contribution < -0.4 is 11.1 Å². The third kappa shape index (κ3) is 4.72. The number of hydrogen-bond donors (Lipinski definition) is 2. The van der Waals surface area contributed by atoms with Crippen molar-refractivity contribution in [3.05, 3.63) is 48.3 Å². The molecule has 3 N–H and O–H groups in total. The van der Waals surface area contributed by atoms with E-state index in [9.17, 15) is 4.79 Å². The Labute approximate surface area is 125 Å². The number of nitrogens with one attached hydrogen (secondary N) is 1. The van der Waals surface area contributed by atoms with Crippen molar-refractivity contribution >= 4 is 11.6 Å². The first-order valence-electron chi connectivity index (χ1n) is 7.17. The fourth-order valence-corrected chi connectivity index (χ4v) is 2.18.